The van der Waals surface area contributed by atoms with E-state index in [2.05, 4.69) is 0 Å². The number of ketones is 1. The topological polar surface area (TPSA) is 17.1 Å². The molecule has 1 radical (unpaired) electrons. The van der Waals surface area contributed by atoms with Crippen LogP contribution in [-0.2, 0) is 32.7 Å². The molecule has 15 heavy (non-hydrogen) atoms. The summed E-state index contributed by atoms with van der Waals surface area (Å²) in [6, 6.07) is 9.40. The average Bonchev–Trinajstić information content (AvgIpc) is 2.03. The van der Waals surface area contributed by atoms with Crippen molar-refractivity contribution in [2.24, 2.45) is 5.41 Å². The van der Waals surface area contributed by atoms with Gasteiger partial charge >= 0.3 is 0 Å². The van der Waals surface area contributed by atoms with Crippen molar-refractivity contribution in [3.63, 3.8) is 0 Å². The molecule has 0 N–H and O–H groups in total. The maximum Gasteiger partial charge on any atom is 0.168 e. The normalized spacial score (nSPS) is 9.00. The molecule has 0 amide bonds. The Morgan fingerprint density at radius 3 is 1.73 bits per heavy atom. The van der Waals surface area contributed by atoms with Crippen molar-refractivity contribution in [3.05, 3.63) is 50.7 Å². The van der Waals surface area contributed by atoms with E-state index in [0.29, 0.717) is 0 Å². The fourth-order valence-electron chi connectivity index (χ4n) is 1.02. The van der Waals surface area contributed by atoms with Crippen LogP contribution in [-0.4, -0.2) is 5.78 Å². The molecule has 2 heteroatoms. The molecule has 0 atom stereocenters. The van der Waals surface area contributed by atoms with Gasteiger partial charge in [-0.2, -0.15) is 0 Å². The maximum absolute atomic E-state index is 11.7. The van der Waals surface area contributed by atoms with Crippen LogP contribution in [0.2, 0.25) is 0 Å². The van der Waals surface area contributed by atoms with E-state index in [1.54, 1.807) is 0 Å². The van der Waals surface area contributed by atoms with Gasteiger partial charge in [0.1, 0.15) is 0 Å². The molecule has 0 fully saturated rings. The second-order valence-electron chi connectivity index (χ2n) is 3.95. The van der Waals surface area contributed by atoms with Gasteiger partial charge in [0.05, 0.1) is 0 Å². The van der Waals surface area contributed by atoms with Crippen LogP contribution in [0.4, 0.5) is 0 Å². The number of hydrogen-bond acceptors (Lipinski definition) is 1. The van der Waals surface area contributed by atoms with Gasteiger partial charge in [0.2, 0.25) is 0 Å². The summed E-state index contributed by atoms with van der Waals surface area (Å²) in [5.41, 5.74) is 0.520. The van der Waals surface area contributed by atoms with Crippen molar-refractivity contribution in [2.75, 3.05) is 0 Å². The summed E-state index contributed by atoms with van der Waals surface area (Å²) >= 11 is 0. The quantitative estimate of drug-likeness (QED) is 0.565. The minimum Gasteiger partial charge on any atom is -0.358 e. The van der Waals surface area contributed by atoms with Crippen LogP contribution >= 0.6 is 0 Å². The molecule has 0 spiro atoms. The zero-order valence-electron chi connectivity index (χ0n) is 10.4. The SMILES string of the molecule is CC(C)(C)C(=O)c1ccccc1.[CH3-].[CH3-].[Y]. The third kappa shape index (κ3) is 6.22. The minimum atomic E-state index is -0.276. The molecule has 0 saturated carbocycles. The van der Waals surface area contributed by atoms with E-state index >= 15 is 0 Å². The smallest absolute Gasteiger partial charge is 0.168 e. The Morgan fingerprint density at radius 2 is 1.40 bits per heavy atom. The van der Waals surface area contributed by atoms with Gasteiger partial charge in [-0.3, -0.25) is 4.79 Å². The van der Waals surface area contributed by atoms with Crippen LogP contribution in [0.3, 0.4) is 0 Å². The first kappa shape index (κ1) is 20.4. The molecule has 0 unspecified atom stereocenters. The molecule has 83 valence electrons. The fourth-order valence-corrected chi connectivity index (χ4v) is 1.02. The molecule has 0 bridgehead atoms. The second-order valence-corrected chi connectivity index (χ2v) is 3.95. The standard InChI is InChI=1S/C11H14O.2CH3.Y/c1-11(2,3)10(12)9-7-5-4-6-8-9;;;/h4-8H,1-3H3;2*1H3;/q;2*-1;. The van der Waals surface area contributed by atoms with Crippen molar-refractivity contribution >= 4 is 5.78 Å². The Hall–Kier alpha value is -0.00610. The van der Waals surface area contributed by atoms with E-state index in [-0.39, 0.29) is 58.8 Å². The molecular formula is C13H20OY-2. The third-order valence-electron chi connectivity index (χ3n) is 1.72. The number of carbonyl (C=O) groups is 1. The van der Waals surface area contributed by atoms with Crippen LogP contribution in [0.5, 0.6) is 0 Å². The molecule has 0 aliphatic heterocycles. The van der Waals surface area contributed by atoms with E-state index in [4.69, 9.17) is 0 Å². The van der Waals surface area contributed by atoms with Crippen LogP contribution in [0.15, 0.2) is 30.3 Å². The van der Waals surface area contributed by atoms with Gasteiger partial charge in [-0.1, -0.05) is 51.1 Å². The Labute approximate surface area is 120 Å². The molecule has 1 rings (SSSR count). The molecule has 0 aromatic heterocycles. The predicted octanol–water partition coefficient (Wildman–Crippen LogP) is 3.81. The number of rotatable bonds is 1. The molecule has 0 heterocycles. The van der Waals surface area contributed by atoms with Crippen molar-refractivity contribution in [1.29, 1.82) is 0 Å². The molecule has 0 aliphatic carbocycles. The summed E-state index contributed by atoms with van der Waals surface area (Å²) in [5, 5.41) is 0. The van der Waals surface area contributed by atoms with Gasteiger partial charge in [0, 0.05) is 43.7 Å². The average molecular weight is 281 g/mol. The summed E-state index contributed by atoms with van der Waals surface area (Å²) in [6.07, 6.45) is 0. The van der Waals surface area contributed by atoms with Gasteiger partial charge in [-0.05, 0) is 0 Å². The van der Waals surface area contributed by atoms with Gasteiger partial charge in [-0.15, -0.1) is 0 Å². The summed E-state index contributed by atoms with van der Waals surface area (Å²) in [6.45, 7) is 5.80. The monoisotopic (exact) mass is 281 g/mol. The van der Waals surface area contributed by atoms with Gasteiger partial charge in [0.15, 0.2) is 5.78 Å². The summed E-state index contributed by atoms with van der Waals surface area (Å²) in [7, 11) is 0. The van der Waals surface area contributed by atoms with Crippen molar-refractivity contribution in [2.45, 2.75) is 20.8 Å². The largest absolute Gasteiger partial charge is 0.358 e. The zero-order chi connectivity index (χ0) is 9.19. The van der Waals surface area contributed by atoms with E-state index in [9.17, 15) is 4.79 Å². The Morgan fingerprint density at radius 1 is 1.00 bits per heavy atom. The van der Waals surface area contributed by atoms with Crippen LogP contribution in [0.1, 0.15) is 31.1 Å². The van der Waals surface area contributed by atoms with E-state index in [0.717, 1.165) is 5.56 Å². The Kier molecular flexibility index (Phi) is 11.1. The van der Waals surface area contributed by atoms with Gasteiger partial charge < -0.3 is 14.9 Å². The van der Waals surface area contributed by atoms with Crippen molar-refractivity contribution in [1.82, 2.24) is 0 Å². The fraction of sp³-hybridized carbons (Fsp3) is 0.308. The summed E-state index contributed by atoms with van der Waals surface area (Å²) in [5.74, 6) is 0.197. The molecule has 0 aliphatic rings. The minimum absolute atomic E-state index is 0. The summed E-state index contributed by atoms with van der Waals surface area (Å²) in [4.78, 5) is 11.7. The van der Waals surface area contributed by atoms with E-state index in [1.807, 2.05) is 51.1 Å². The Bertz CT molecular complexity index is 272. The molecule has 0 saturated heterocycles. The first-order valence-corrected chi connectivity index (χ1v) is 4.11. The van der Waals surface area contributed by atoms with Crippen molar-refractivity contribution < 1.29 is 37.5 Å². The van der Waals surface area contributed by atoms with Crippen molar-refractivity contribution in [3.8, 4) is 0 Å². The predicted molar refractivity (Wildman–Crippen MR) is 63.1 cm³/mol. The third-order valence-corrected chi connectivity index (χ3v) is 1.72. The number of hydrogen-bond donors (Lipinski definition) is 0. The first-order chi connectivity index (χ1) is 5.52. The first-order valence-electron chi connectivity index (χ1n) is 4.11. The van der Waals surface area contributed by atoms with Crippen LogP contribution < -0.4 is 0 Å². The van der Waals surface area contributed by atoms with Crippen LogP contribution in [0, 0.1) is 20.3 Å². The van der Waals surface area contributed by atoms with Gasteiger partial charge in [0.25, 0.3) is 0 Å². The molecular weight excluding hydrogens is 261 g/mol. The Balaban J connectivity index is -0.000000480. The van der Waals surface area contributed by atoms with E-state index < -0.39 is 0 Å². The number of Topliss-reactive ketones (excluding diaryl/α,β-unsaturated/α-hetero) is 1. The van der Waals surface area contributed by atoms with Crippen LogP contribution in [0.25, 0.3) is 0 Å². The van der Waals surface area contributed by atoms with Gasteiger partial charge in [-0.25, -0.2) is 0 Å². The summed E-state index contributed by atoms with van der Waals surface area (Å²) < 4.78 is 0. The number of carbonyl (C=O) groups excluding carboxylic acids is 1. The van der Waals surface area contributed by atoms with E-state index in [1.165, 1.54) is 0 Å². The number of benzene rings is 1. The second kappa shape index (κ2) is 8.18. The maximum atomic E-state index is 11.7. The molecule has 1 nitrogen and oxygen atoms in total. The molecule has 1 aromatic carbocycles. The molecule has 1 aromatic rings. The zero-order valence-corrected chi connectivity index (χ0v) is 13.2.